The zero-order valence-corrected chi connectivity index (χ0v) is 10.9. The molecule has 5 heteroatoms. The van der Waals surface area contributed by atoms with Crippen LogP contribution in [0.3, 0.4) is 0 Å². The molecular formula is C11H20Cl2N2O. The number of hydrogen-bond acceptors (Lipinski definition) is 3. The van der Waals surface area contributed by atoms with Crippen molar-refractivity contribution >= 4 is 24.8 Å². The lowest BCUT2D eigenvalue weighted by molar-refractivity contribution is 0.350. The third-order valence-corrected chi connectivity index (χ3v) is 2.77. The van der Waals surface area contributed by atoms with Gasteiger partial charge in [-0.1, -0.05) is 0 Å². The Morgan fingerprint density at radius 3 is 2.69 bits per heavy atom. The lowest BCUT2D eigenvalue weighted by Crippen LogP contribution is -2.33. The smallest absolute Gasteiger partial charge is 0.117 e. The van der Waals surface area contributed by atoms with Crippen LogP contribution < -0.4 is 10.6 Å². The predicted molar refractivity (Wildman–Crippen MR) is 70.5 cm³/mol. The average molecular weight is 267 g/mol. The van der Waals surface area contributed by atoms with E-state index in [1.165, 1.54) is 25.9 Å². The lowest BCUT2D eigenvalue weighted by Gasteiger charge is -2.22. The number of nitrogens with one attached hydrogen (secondary N) is 2. The topological polar surface area (TPSA) is 37.2 Å². The van der Waals surface area contributed by atoms with Gasteiger partial charge in [-0.15, -0.1) is 24.8 Å². The molecule has 0 saturated carbocycles. The molecule has 1 aromatic heterocycles. The maximum absolute atomic E-state index is 5.25. The van der Waals surface area contributed by atoms with Crippen molar-refractivity contribution < 1.29 is 4.42 Å². The Morgan fingerprint density at radius 1 is 1.31 bits per heavy atom. The van der Waals surface area contributed by atoms with E-state index in [1.807, 2.05) is 12.1 Å². The van der Waals surface area contributed by atoms with Crippen molar-refractivity contribution in [2.45, 2.75) is 19.4 Å². The number of piperidine rings is 1. The monoisotopic (exact) mass is 266 g/mol. The highest BCUT2D eigenvalue weighted by Crippen LogP contribution is 2.10. The Labute approximate surface area is 109 Å². The number of rotatable bonds is 4. The fraction of sp³-hybridized carbons (Fsp3) is 0.636. The fourth-order valence-corrected chi connectivity index (χ4v) is 1.90. The van der Waals surface area contributed by atoms with Gasteiger partial charge in [-0.3, -0.25) is 0 Å². The third-order valence-electron chi connectivity index (χ3n) is 2.77. The summed E-state index contributed by atoms with van der Waals surface area (Å²) in [6.07, 6.45) is 4.32. The highest BCUT2D eigenvalue weighted by atomic mass is 35.5. The number of hydrogen-bond donors (Lipinski definition) is 2. The van der Waals surface area contributed by atoms with Crippen LogP contribution in [-0.2, 0) is 6.54 Å². The minimum atomic E-state index is 0. The van der Waals surface area contributed by atoms with Crippen molar-refractivity contribution in [1.29, 1.82) is 0 Å². The zero-order chi connectivity index (χ0) is 9.64. The quantitative estimate of drug-likeness (QED) is 0.878. The highest BCUT2D eigenvalue weighted by Gasteiger charge is 2.11. The summed E-state index contributed by atoms with van der Waals surface area (Å²) in [5.74, 6) is 1.87. The van der Waals surface area contributed by atoms with Gasteiger partial charge in [-0.25, -0.2) is 0 Å². The van der Waals surface area contributed by atoms with Gasteiger partial charge in [0, 0.05) is 0 Å². The van der Waals surface area contributed by atoms with Crippen LogP contribution in [0, 0.1) is 5.92 Å². The Hall–Kier alpha value is -0.220. The molecule has 0 unspecified atom stereocenters. The van der Waals surface area contributed by atoms with E-state index in [0.717, 1.165) is 24.8 Å². The van der Waals surface area contributed by atoms with Crippen LogP contribution >= 0.6 is 24.8 Å². The second-order valence-corrected chi connectivity index (χ2v) is 3.90. The maximum atomic E-state index is 5.25. The number of furan rings is 1. The van der Waals surface area contributed by atoms with Gasteiger partial charge in [0.05, 0.1) is 12.8 Å². The molecule has 94 valence electrons. The van der Waals surface area contributed by atoms with Crippen molar-refractivity contribution in [2.24, 2.45) is 5.92 Å². The van der Waals surface area contributed by atoms with Crippen molar-refractivity contribution in [3.8, 4) is 0 Å². The first kappa shape index (κ1) is 15.8. The van der Waals surface area contributed by atoms with Gasteiger partial charge >= 0.3 is 0 Å². The van der Waals surface area contributed by atoms with Crippen LogP contribution in [0.4, 0.5) is 0 Å². The Bertz CT molecular complexity index is 248. The summed E-state index contributed by atoms with van der Waals surface area (Å²) in [6.45, 7) is 4.32. The summed E-state index contributed by atoms with van der Waals surface area (Å²) in [4.78, 5) is 0. The molecule has 0 amide bonds. The van der Waals surface area contributed by atoms with Crippen molar-refractivity contribution in [3.63, 3.8) is 0 Å². The normalized spacial score (nSPS) is 16.2. The molecule has 0 aromatic carbocycles. The molecule has 2 N–H and O–H groups in total. The maximum Gasteiger partial charge on any atom is 0.117 e. The molecule has 1 aliphatic heterocycles. The van der Waals surface area contributed by atoms with E-state index in [1.54, 1.807) is 6.26 Å². The molecule has 0 aliphatic carbocycles. The summed E-state index contributed by atoms with van der Waals surface area (Å²) < 4.78 is 5.25. The summed E-state index contributed by atoms with van der Waals surface area (Å²) in [6, 6.07) is 3.94. The van der Waals surface area contributed by atoms with Crippen LogP contribution in [-0.4, -0.2) is 19.6 Å². The van der Waals surface area contributed by atoms with E-state index in [0.29, 0.717) is 0 Å². The molecule has 0 spiro atoms. The van der Waals surface area contributed by atoms with Crippen LogP contribution in [0.2, 0.25) is 0 Å². The van der Waals surface area contributed by atoms with E-state index in [4.69, 9.17) is 4.42 Å². The summed E-state index contributed by atoms with van der Waals surface area (Å²) in [5.41, 5.74) is 0. The molecule has 16 heavy (non-hydrogen) atoms. The molecule has 1 fully saturated rings. The SMILES string of the molecule is Cl.Cl.c1coc(CNCC2CCNCC2)c1. The van der Waals surface area contributed by atoms with E-state index < -0.39 is 0 Å². The van der Waals surface area contributed by atoms with Crippen LogP contribution in [0.15, 0.2) is 22.8 Å². The predicted octanol–water partition coefficient (Wildman–Crippen LogP) is 2.21. The molecule has 0 atom stereocenters. The van der Waals surface area contributed by atoms with Crippen molar-refractivity contribution in [3.05, 3.63) is 24.2 Å². The van der Waals surface area contributed by atoms with Gasteiger partial charge in [0.2, 0.25) is 0 Å². The Morgan fingerprint density at radius 2 is 2.06 bits per heavy atom. The first-order valence-electron chi connectivity index (χ1n) is 5.39. The van der Waals surface area contributed by atoms with E-state index in [-0.39, 0.29) is 24.8 Å². The van der Waals surface area contributed by atoms with Crippen LogP contribution in [0.1, 0.15) is 18.6 Å². The summed E-state index contributed by atoms with van der Waals surface area (Å²) in [5, 5.41) is 6.81. The molecule has 1 aromatic rings. The fourth-order valence-electron chi connectivity index (χ4n) is 1.90. The highest BCUT2D eigenvalue weighted by molar-refractivity contribution is 5.85. The average Bonchev–Trinajstić information content (AvgIpc) is 2.72. The van der Waals surface area contributed by atoms with Gasteiger partial charge in [-0.05, 0) is 50.5 Å². The van der Waals surface area contributed by atoms with Gasteiger partial charge in [-0.2, -0.15) is 0 Å². The second-order valence-electron chi connectivity index (χ2n) is 3.90. The van der Waals surface area contributed by atoms with Crippen LogP contribution in [0.5, 0.6) is 0 Å². The molecule has 1 aliphatic rings. The molecule has 3 nitrogen and oxygen atoms in total. The van der Waals surface area contributed by atoms with E-state index >= 15 is 0 Å². The number of halogens is 2. The lowest BCUT2D eigenvalue weighted by atomic mass is 9.98. The largest absolute Gasteiger partial charge is 0.468 e. The molecular weight excluding hydrogens is 247 g/mol. The molecule has 2 heterocycles. The van der Waals surface area contributed by atoms with Gasteiger partial charge in [0.25, 0.3) is 0 Å². The summed E-state index contributed by atoms with van der Waals surface area (Å²) >= 11 is 0. The van der Waals surface area contributed by atoms with E-state index in [2.05, 4.69) is 10.6 Å². The molecule has 0 radical (unpaired) electrons. The van der Waals surface area contributed by atoms with Gasteiger partial charge < -0.3 is 15.1 Å². The molecule has 2 rings (SSSR count). The van der Waals surface area contributed by atoms with Crippen molar-refractivity contribution in [1.82, 2.24) is 10.6 Å². The molecule has 1 saturated heterocycles. The summed E-state index contributed by atoms with van der Waals surface area (Å²) in [7, 11) is 0. The minimum Gasteiger partial charge on any atom is -0.468 e. The van der Waals surface area contributed by atoms with E-state index in [9.17, 15) is 0 Å². The first-order chi connectivity index (χ1) is 6.95. The standard InChI is InChI=1S/C11H18N2O.2ClH/c1-2-11(14-7-1)9-13-8-10-3-5-12-6-4-10;;/h1-2,7,10,12-13H,3-6,8-9H2;2*1H. The Balaban J connectivity index is 0.00000112. The third kappa shape index (κ3) is 5.21. The first-order valence-corrected chi connectivity index (χ1v) is 5.39. The minimum absolute atomic E-state index is 0. The van der Waals surface area contributed by atoms with Gasteiger partial charge in [0.15, 0.2) is 0 Å². The second kappa shape index (κ2) is 8.88. The zero-order valence-electron chi connectivity index (χ0n) is 9.28. The van der Waals surface area contributed by atoms with Crippen LogP contribution in [0.25, 0.3) is 0 Å². The van der Waals surface area contributed by atoms with Gasteiger partial charge in [0.1, 0.15) is 5.76 Å². The van der Waals surface area contributed by atoms with Crippen molar-refractivity contribution in [2.75, 3.05) is 19.6 Å². The molecule has 0 bridgehead atoms. The Kier molecular flexibility index (Phi) is 8.76.